The highest BCUT2D eigenvalue weighted by atomic mass is 16.5. The maximum atomic E-state index is 12.1. The summed E-state index contributed by atoms with van der Waals surface area (Å²) in [5.41, 5.74) is 2.33. The molecule has 0 aromatic heterocycles. The lowest BCUT2D eigenvalue weighted by molar-refractivity contribution is -0.123. The largest absolute Gasteiger partial charge is 0.489 e. The molecule has 3 aromatic rings. The molecule has 0 radical (unpaired) electrons. The number of nitrogens with one attached hydrogen (secondary N) is 2. The number of hydrogen-bond donors (Lipinski definition) is 2. The number of urea groups is 1. The lowest BCUT2D eigenvalue weighted by atomic mass is 10.1. The Balaban J connectivity index is 1.60. The monoisotopic (exact) mass is 428 g/mol. The summed E-state index contributed by atoms with van der Waals surface area (Å²) in [6, 6.07) is 23.7. The molecule has 7 nitrogen and oxygen atoms in total. The summed E-state index contributed by atoms with van der Waals surface area (Å²) >= 11 is 0. The van der Waals surface area contributed by atoms with E-state index < -0.39 is 17.8 Å². The minimum atomic E-state index is -0.844. The third kappa shape index (κ3) is 5.40. The third-order valence-corrected chi connectivity index (χ3v) is 4.65. The number of hydrogen-bond acceptors (Lipinski definition) is 5. The summed E-state index contributed by atoms with van der Waals surface area (Å²) in [6.07, 6.45) is 1.39. The molecule has 1 aliphatic heterocycles. The van der Waals surface area contributed by atoms with E-state index in [1.54, 1.807) is 18.2 Å². The first-order valence-corrected chi connectivity index (χ1v) is 9.94. The molecule has 1 saturated heterocycles. The van der Waals surface area contributed by atoms with Crippen LogP contribution in [0.1, 0.15) is 16.7 Å². The van der Waals surface area contributed by atoms with Gasteiger partial charge in [0, 0.05) is 6.07 Å². The molecule has 1 fully saturated rings. The summed E-state index contributed by atoms with van der Waals surface area (Å²) in [5.74, 6) is -0.500. The molecular formula is C25H20N2O5. The molecule has 32 heavy (non-hydrogen) atoms. The Kier molecular flexibility index (Phi) is 6.27. The molecule has 0 bridgehead atoms. The van der Waals surface area contributed by atoms with E-state index in [1.807, 2.05) is 60.7 Å². The van der Waals surface area contributed by atoms with Crippen molar-refractivity contribution in [2.45, 2.75) is 13.2 Å². The van der Waals surface area contributed by atoms with E-state index in [0.717, 1.165) is 11.1 Å². The molecule has 160 valence electrons. The van der Waals surface area contributed by atoms with Gasteiger partial charge in [-0.15, -0.1) is 0 Å². The van der Waals surface area contributed by atoms with E-state index in [-0.39, 0.29) is 5.57 Å². The standard InChI is InChI=1S/C25H20N2O5/c28-23-22(24(29)27-25(30)26-23)13-19-11-20(31-15-17-7-3-1-4-8-17)14-21(12-19)32-16-18-9-5-2-6-10-18/h1-14H,15-16H2,(H2,26,27,28,29,30). The highest BCUT2D eigenvalue weighted by Crippen LogP contribution is 2.26. The Morgan fingerprint density at radius 1 is 0.656 bits per heavy atom. The second-order valence-electron chi connectivity index (χ2n) is 7.08. The van der Waals surface area contributed by atoms with Crippen LogP contribution in [-0.2, 0) is 22.8 Å². The zero-order valence-electron chi connectivity index (χ0n) is 17.0. The maximum absolute atomic E-state index is 12.1. The number of barbiturate groups is 1. The number of carbonyl (C=O) groups excluding carboxylic acids is 3. The van der Waals surface area contributed by atoms with Crippen LogP contribution in [-0.4, -0.2) is 17.8 Å². The zero-order chi connectivity index (χ0) is 22.3. The van der Waals surface area contributed by atoms with Crippen molar-refractivity contribution in [2.75, 3.05) is 0 Å². The molecule has 0 unspecified atom stereocenters. The third-order valence-electron chi connectivity index (χ3n) is 4.65. The minimum absolute atomic E-state index is 0.182. The average Bonchev–Trinajstić information content (AvgIpc) is 2.80. The minimum Gasteiger partial charge on any atom is -0.489 e. The highest BCUT2D eigenvalue weighted by Gasteiger charge is 2.27. The van der Waals surface area contributed by atoms with Crippen molar-refractivity contribution in [3.05, 3.63) is 101 Å². The fourth-order valence-electron chi connectivity index (χ4n) is 3.10. The first-order valence-electron chi connectivity index (χ1n) is 9.94. The topological polar surface area (TPSA) is 93.7 Å². The Bertz CT molecular complexity index is 1090. The van der Waals surface area contributed by atoms with Gasteiger partial charge in [-0.2, -0.15) is 0 Å². The zero-order valence-corrected chi connectivity index (χ0v) is 17.0. The lowest BCUT2D eigenvalue weighted by Crippen LogP contribution is -2.51. The van der Waals surface area contributed by atoms with Crippen LogP contribution >= 0.6 is 0 Å². The van der Waals surface area contributed by atoms with Crippen molar-refractivity contribution in [1.29, 1.82) is 0 Å². The van der Waals surface area contributed by atoms with Gasteiger partial charge in [-0.1, -0.05) is 60.7 Å². The van der Waals surface area contributed by atoms with Crippen LogP contribution < -0.4 is 20.1 Å². The quantitative estimate of drug-likeness (QED) is 0.443. The first kappa shape index (κ1) is 20.9. The number of ether oxygens (including phenoxy) is 2. The summed E-state index contributed by atoms with van der Waals surface area (Å²) in [4.78, 5) is 35.5. The number of amides is 4. The van der Waals surface area contributed by atoms with Crippen LogP contribution in [0.15, 0.2) is 84.4 Å². The molecule has 0 spiro atoms. The van der Waals surface area contributed by atoms with Gasteiger partial charge < -0.3 is 9.47 Å². The van der Waals surface area contributed by atoms with Crippen LogP contribution in [0, 0.1) is 0 Å². The summed E-state index contributed by atoms with van der Waals surface area (Å²) in [6.45, 7) is 0.683. The second-order valence-corrected chi connectivity index (χ2v) is 7.08. The van der Waals surface area contributed by atoms with Gasteiger partial charge in [-0.05, 0) is 34.9 Å². The van der Waals surface area contributed by atoms with Crippen molar-refractivity contribution in [3.63, 3.8) is 0 Å². The molecule has 3 aromatic carbocycles. The van der Waals surface area contributed by atoms with Crippen LogP contribution in [0.3, 0.4) is 0 Å². The molecule has 7 heteroatoms. The van der Waals surface area contributed by atoms with Gasteiger partial charge >= 0.3 is 6.03 Å². The van der Waals surface area contributed by atoms with Crippen molar-refractivity contribution >= 4 is 23.9 Å². The number of benzene rings is 3. The van der Waals surface area contributed by atoms with Crippen LogP contribution in [0.5, 0.6) is 11.5 Å². The van der Waals surface area contributed by atoms with E-state index in [1.165, 1.54) is 6.08 Å². The Morgan fingerprint density at radius 2 is 1.12 bits per heavy atom. The summed E-state index contributed by atoms with van der Waals surface area (Å²) in [7, 11) is 0. The number of imide groups is 2. The van der Waals surface area contributed by atoms with Gasteiger partial charge in [0.15, 0.2) is 0 Å². The van der Waals surface area contributed by atoms with Crippen molar-refractivity contribution < 1.29 is 23.9 Å². The van der Waals surface area contributed by atoms with E-state index in [4.69, 9.17) is 9.47 Å². The van der Waals surface area contributed by atoms with Crippen molar-refractivity contribution in [1.82, 2.24) is 10.6 Å². The lowest BCUT2D eigenvalue weighted by Gasteiger charge is -2.15. The fourth-order valence-corrected chi connectivity index (χ4v) is 3.10. The van der Waals surface area contributed by atoms with Crippen LogP contribution in [0.2, 0.25) is 0 Å². The smallest absolute Gasteiger partial charge is 0.328 e. The Hall–Kier alpha value is -4.39. The van der Waals surface area contributed by atoms with Crippen LogP contribution in [0.4, 0.5) is 4.79 Å². The number of rotatable bonds is 7. The molecule has 1 heterocycles. The normalized spacial score (nSPS) is 13.2. The highest BCUT2D eigenvalue weighted by molar-refractivity contribution is 6.31. The predicted molar refractivity (Wildman–Crippen MR) is 118 cm³/mol. The molecule has 1 aliphatic rings. The van der Waals surface area contributed by atoms with E-state index >= 15 is 0 Å². The average molecular weight is 428 g/mol. The Labute approximate surface area is 184 Å². The molecule has 2 N–H and O–H groups in total. The van der Waals surface area contributed by atoms with E-state index in [9.17, 15) is 14.4 Å². The first-order chi connectivity index (χ1) is 15.6. The summed E-state index contributed by atoms with van der Waals surface area (Å²) in [5, 5.41) is 4.12. The predicted octanol–water partition coefficient (Wildman–Crippen LogP) is 3.59. The molecule has 4 amide bonds. The molecular weight excluding hydrogens is 408 g/mol. The molecule has 0 aliphatic carbocycles. The molecule has 4 rings (SSSR count). The van der Waals surface area contributed by atoms with Gasteiger partial charge in [0.25, 0.3) is 11.8 Å². The summed E-state index contributed by atoms with van der Waals surface area (Å²) < 4.78 is 11.8. The van der Waals surface area contributed by atoms with Gasteiger partial charge in [-0.25, -0.2) is 4.79 Å². The SMILES string of the molecule is O=C1NC(=O)C(=Cc2cc(OCc3ccccc3)cc(OCc3ccccc3)c2)C(=O)N1. The van der Waals surface area contributed by atoms with Crippen molar-refractivity contribution in [3.8, 4) is 11.5 Å². The van der Waals surface area contributed by atoms with E-state index in [0.29, 0.717) is 30.3 Å². The van der Waals surface area contributed by atoms with Crippen LogP contribution in [0.25, 0.3) is 6.08 Å². The Morgan fingerprint density at radius 3 is 1.59 bits per heavy atom. The fraction of sp³-hybridized carbons (Fsp3) is 0.0800. The van der Waals surface area contributed by atoms with Gasteiger partial charge in [-0.3, -0.25) is 20.2 Å². The van der Waals surface area contributed by atoms with Gasteiger partial charge in [0.05, 0.1) is 0 Å². The van der Waals surface area contributed by atoms with Crippen molar-refractivity contribution in [2.24, 2.45) is 0 Å². The van der Waals surface area contributed by atoms with Gasteiger partial charge in [0.2, 0.25) is 0 Å². The second kappa shape index (κ2) is 9.61. The van der Waals surface area contributed by atoms with Gasteiger partial charge in [0.1, 0.15) is 30.3 Å². The number of carbonyl (C=O) groups is 3. The maximum Gasteiger partial charge on any atom is 0.328 e. The molecule has 0 atom stereocenters. The van der Waals surface area contributed by atoms with E-state index in [2.05, 4.69) is 10.6 Å². The molecule has 0 saturated carbocycles.